The molecule has 0 saturated carbocycles. The second-order valence-electron chi connectivity index (χ2n) is 7.96. The van der Waals surface area contributed by atoms with Crippen LogP contribution in [0.1, 0.15) is 53.0 Å². The van der Waals surface area contributed by atoms with Gasteiger partial charge in [0, 0.05) is 40.3 Å². The first-order valence-corrected chi connectivity index (χ1v) is 12.5. The Hall–Kier alpha value is -4.04. The van der Waals surface area contributed by atoms with E-state index in [1.807, 2.05) is 30.3 Å². The van der Waals surface area contributed by atoms with Crippen molar-refractivity contribution < 1.29 is 33.5 Å². The zero-order chi connectivity index (χ0) is 32.1. The molecule has 11 N–H and O–H groups in total. The molecule has 40 heavy (non-hydrogen) atoms. The van der Waals surface area contributed by atoms with Crippen LogP contribution in [0.2, 0.25) is 0 Å². The van der Waals surface area contributed by atoms with Gasteiger partial charge in [0.05, 0.1) is 19.7 Å². The zero-order valence-electron chi connectivity index (χ0n) is 24.6. The molecule has 0 aliphatic rings. The number of amides is 6. The van der Waals surface area contributed by atoms with Crippen molar-refractivity contribution in [3.63, 3.8) is 0 Å². The van der Waals surface area contributed by atoms with Crippen molar-refractivity contribution in [3.05, 3.63) is 35.9 Å². The van der Waals surface area contributed by atoms with Crippen LogP contribution in [0.3, 0.4) is 0 Å². The number of benzene rings is 1. The molecule has 1 aromatic rings. The Kier molecular flexibility index (Phi) is 31.7. The normalized spacial score (nSPS) is 9.57. The van der Waals surface area contributed by atoms with Gasteiger partial charge in [0.1, 0.15) is 6.04 Å². The predicted octanol–water partition coefficient (Wildman–Crippen LogP) is -1.09. The van der Waals surface area contributed by atoms with E-state index in [2.05, 4.69) is 30.6 Å². The molecule has 1 atom stereocenters. The van der Waals surface area contributed by atoms with E-state index in [0.29, 0.717) is 26.0 Å². The zero-order valence-corrected chi connectivity index (χ0v) is 24.6. The maximum Gasteiger partial charge on any atom is 0.240 e. The highest BCUT2D eigenvalue weighted by molar-refractivity contribution is 5.86. The molecule has 14 heteroatoms. The molecular weight excluding hydrogens is 522 g/mol. The Labute approximate surface area is 237 Å². The lowest BCUT2D eigenvalue weighted by Crippen LogP contribution is -2.44. The Morgan fingerprint density at radius 2 is 1.35 bits per heavy atom. The van der Waals surface area contributed by atoms with Gasteiger partial charge in [0.15, 0.2) is 0 Å². The Morgan fingerprint density at radius 1 is 0.900 bits per heavy atom. The van der Waals surface area contributed by atoms with E-state index in [0.717, 1.165) is 5.56 Å². The van der Waals surface area contributed by atoms with E-state index < -0.39 is 23.8 Å². The van der Waals surface area contributed by atoms with E-state index in [9.17, 15) is 28.8 Å². The minimum atomic E-state index is -0.634. The number of rotatable bonds is 11. The Morgan fingerprint density at radius 3 is 1.65 bits per heavy atom. The molecule has 0 bridgehead atoms. The number of nitrogens with one attached hydrogen (secondary N) is 1. The summed E-state index contributed by atoms with van der Waals surface area (Å²) in [6.07, 6.45) is 2.05. The summed E-state index contributed by atoms with van der Waals surface area (Å²) in [7, 11) is 1.54. The molecule has 0 saturated heterocycles. The highest BCUT2D eigenvalue weighted by Crippen LogP contribution is 2.02. The van der Waals surface area contributed by atoms with Gasteiger partial charge in [-0.05, 0) is 5.56 Å². The van der Waals surface area contributed by atoms with Gasteiger partial charge in [0.2, 0.25) is 35.4 Å². The number of carbonyl (C=O) groups excluding carboxylic acids is 6. The standard InChI is InChI=1S/C11H14N2O2.C8H16N2O3.C3H8.C2H6N2O.C2H5NO/c1-8(14)13-10(11(12)15)7-9-5-3-2-4-6-9;1-3-8(12)10(4-5-13-2)6-7(9)11;1-3-2;3-1-2(4)5;1-2(3)4/h2-6,10H,7H2,1H3,(H2,12,15)(H,13,14);3-6H2,1-2H3,(H2,9,11);3H2,1-2H3;1,3H2,(H2,4,5);1H3,(H2,3,4). The predicted molar refractivity (Wildman–Crippen MR) is 154 cm³/mol. The van der Waals surface area contributed by atoms with Crippen molar-refractivity contribution in [1.82, 2.24) is 10.2 Å². The van der Waals surface area contributed by atoms with Crippen molar-refractivity contribution >= 4 is 35.4 Å². The fraction of sp³-hybridized carbons (Fsp3) is 0.538. The summed E-state index contributed by atoms with van der Waals surface area (Å²) in [5.74, 6) is -2.16. The molecule has 1 aromatic carbocycles. The van der Waals surface area contributed by atoms with Gasteiger partial charge in [-0.2, -0.15) is 0 Å². The molecule has 0 aliphatic heterocycles. The number of methoxy groups -OCH3 is 1. The number of nitrogens with two attached hydrogens (primary N) is 5. The SMILES string of the molecule is CC(=O)NC(Cc1ccccc1)C(N)=O.CC(N)=O.CCC.CCC(=O)N(CCOC)CC(N)=O.NCC(N)=O. The molecule has 230 valence electrons. The molecular formula is C26H49N7O7. The summed E-state index contributed by atoms with van der Waals surface area (Å²) in [5, 5.41) is 2.51. The van der Waals surface area contributed by atoms with Gasteiger partial charge < -0.3 is 43.6 Å². The average molecular weight is 572 g/mol. The van der Waals surface area contributed by atoms with E-state index in [1.165, 1.54) is 25.2 Å². The van der Waals surface area contributed by atoms with Crippen molar-refractivity contribution in [2.45, 2.75) is 59.9 Å². The van der Waals surface area contributed by atoms with Crippen LogP contribution in [-0.2, 0) is 39.9 Å². The van der Waals surface area contributed by atoms with Crippen LogP contribution in [-0.4, -0.2) is 79.7 Å². The van der Waals surface area contributed by atoms with Gasteiger partial charge in [-0.15, -0.1) is 0 Å². The second-order valence-corrected chi connectivity index (χ2v) is 7.96. The molecule has 1 rings (SSSR count). The summed E-state index contributed by atoms with van der Waals surface area (Å²) < 4.78 is 4.80. The minimum Gasteiger partial charge on any atom is -0.383 e. The Balaban J connectivity index is -0.000000233. The topological polar surface area (TPSA) is 257 Å². The second kappa shape index (κ2) is 29.5. The molecule has 0 aliphatic carbocycles. The van der Waals surface area contributed by atoms with Crippen molar-refractivity contribution in [3.8, 4) is 0 Å². The molecule has 0 radical (unpaired) electrons. The third kappa shape index (κ3) is 36.1. The summed E-state index contributed by atoms with van der Waals surface area (Å²) in [6, 6.07) is 8.78. The third-order valence-electron chi connectivity index (χ3n) is 3.77. The lowest BCUT2D eigenvalue weighted by Gasteiger charge is -2.19. The molecule has 1 unspecified atom stereocenters. The highest BCUT2D eigenvalue weighted by Gasteiger charge is 2.16. The van der Waals surface area contributed by atoms with Gasteiger partial charge >= 0.3 is 0 Å². The summed E-state index contributed by atoms with van der Waals surface area (Å²) >= 11 is 0. The number of primary amides is 4. The van der Waals surface area contributed by atoms with Gasteiger partial charge in [-0.25, -0.2) is 0 Å². The minimum absolute atomic E-state index is 0.0317. The number of ether oxygens (including phenoxy) is 1. The molecule has 0 fully saturated rings. The largest absolute Gasteiger partial charge is 0.383 e. The van der Waals surface area contributed by atoms with Crippen LogP contribution in [0.15, 0.2) is 30.3 Å². The van der Waals surface area contributed by atoms with Crippen molar-refractivity contribution in [2.75, 3.05) is 33.4 Å². The van der Waals surface area contributed by atoms with E-state index in [1.54, 1.807) is 14.0 Å². The number of hydrogen-bond acceptors (Lipinski definition) is 8. The van der Waals surface area contributed by atoms with Crippen molar-refractivity contribution in [1.29, 1.82) is 0 Å². The first-order valence-electron chi connectivity index (χ1n) is 12.5. The molecule has 0 aromatic heterocycles. The first-order chi connectivity index (χ1) is 18.6. The summed E-state index contributed by atoms with van der Waals surface area (Å²) in [4.78, 5) is 63.8. The van der Waals surface area contributed by atoms with Gasteiger partial charge in [-0.1, -0.05) is 57.5 Å². The average Bonchev–Trinajstić information content (AvgIpc) is 2.86. The van der Waals surface area contributed by atoms with E-state index in [4.69, 9.17) is 21.9 Å². The highest BCUT2D eigenvalue weighted by atomic mass is 16.5. The maximum absolute atomic E-state index is 11.2. The third-order valence-corrected chi connectivity index (χ3v) is 3.77. The number of carbonyl (C=O) groups is 6. The fourth-order valence-electron chi connectivity index (χ4n) is 2.22. The quantitative estimate of drug-likeness (QED) is 0.190. The first kappa shape index (κ1) is 43.0. The van der Waals surface area contributed by atoms with Crippen LogP contribution >= 0.6 is 0 Å². The smallest absolute Gasteiger partial charge is 0.240 e. The monoisotopic (exact) mass is 571 g/mol. The Bertz CT molecular complexity index is 849. The van der Waals surface area contributed by atoms with Crippen LogP contribution < -0.4 is 34.0 Å². The number of nitrogens with zero attached hydrogens (tertiary/aromatic N) is 1. The number of hydrogen-bond donors (Lipinski definition) is 6. The van der Waals surface area contributed by atoms with Crippen LogP contribution in [0.4, 0.5) is 0 Å². The summed E-state index contributed by atoms with van der Waals surface area (Å²) in [5.41, 5.74) is 24.8. The lowest BCUT2D eigenvalue weighted by atomic mass is 10.1. The summed E-state index contributed by atoms with van der Waals surface area (Å²) in [6.45, 7) is 9.39. The van der Waals surface area contributed by atoms with Crippen LogP contribution in [0.5, 0.6) is 0 Å². The van der Waals surface area contributed by atoms with Crippen LogP contribution in [0.25, 0.3) is 0 Å². The molecule has 0 heterocycles. The van der Waals surface area contributed by atoms with Gasteiger partial charge in [-0.3, -0.25) is 28.8 Å². The molecule has 14 nitrogen and oxygen atoms in total. The van der Waals surface area contributed by atoms with E-state index in [-0.39, 0.29) is 30.8 Å². The lowest BCUT2D eigenvalue weighted by molar-refractivity contribution is -0.135. The molecule has 0 spiro atoms. The van der Waals surface area contributed by atoms with E-state index >= 15 is 0 Å². The van der Waals surface area contributed by atoms with Crippen molar-refractivity contribution in [2.24, 2.45) is 28.7 Å². The van der Waals surface area contributed by atoms with Crippen LogP contribution in [0, 0.1) is 0 Å². The molecule has 6 amide bonds. The van der Waals surface area contributed by atoms with Gasteiger partial charge in [0.25, 0.3) is 0 Å². The maximum atomic E-state index is 11.2. The fourth-order valence-corrected chi connectivity index (χ4v) is 2.22.